The number of rotatable bonds is 8. The molecular weight excluding hydrogens is 863 g/mol. The van der Waals surface area contributed by atoms with Gasteiger partial charge < -0.3 is 13.7 Å². The maximum atomic E-state index is 2.62. The maximum absolute atomic E-state index is 3.05. The topological polar surface area (TPSA) is 14.8 Å². The van der Waals surface area contributed by atoms with Crippen LogP contribution in [0.5, 0.6) is 0 Å². The van der Waals surface area contributed by atoms with E-state index in [0.717, 1.165) is 28.1 Å². The zero-order valence-electron chi connectivity index (χ0n) is 38.3. The fourth-order valence-corrected chi connectivity index (χ4v) is 17.0. The van der Waals surface area contributed by atoms with Gasteiger partial charge in [0.15, 0.2) is 8.07 Å². The summed E-state index contributed by atoms with van der Waals surface area (Å²) < 4.78 is 7.68. The van der Waals surface area contributed by atoms with E-state index in [1.807, 2.05) is 0 Å². The summed E-state index contributed by atoms with van der Waals surface area (Å²) in [4.78, 5) is 0. The monoisotopic (exact) mass is 907 g/mol. The Morgan fingerprint density at radius 3 is 1.26 bits per heavy atom. The molecule has 4 heteroatoms. The molecule has 11 aromatic carbocycles. The van der Waals surface area contributed by atoms with E-state index in [1.165, 1.54) is 86.3 Å². The van der Waals surface area contributed by atoms with Gasteiger partial charge in [-0.3, -0.25) is 0 Å². The number of hydrogen-bond acceptors (Lipinski definition) is 0. The van der Waals surface area contributed by atoms with Crippen LogP contribution in [0, 0.1) is 0 Å². The van der Waals surface area contributed by atoms with Crippen molar-refractivity contribution in [1.29, 1.82) is 0 Å². The van der Waals surface area contributed by atoms with E-state index in [4.69, 9.17) is 0 Å². The van der Waals surface area contributed by atoms with Crippen molar-refractivity contribution in [2.45, 2.75) is 0 Å². The minimum Gasteiger partial charge on any atom is -0.309 e. The second-order valence-electron chi connectivity index (χ2n) is 18.3. The Morgan fingerprint density at radius 1 is 0.243 bits per heavy atom. The third-order valence-electron chi connectivity index (χ3n) is 14.8. The highest BCUT2D eigenvalue weighted by atomic mass is 28.3. The first-order chi connectivity index (χ1) is 34.8. The zero-order valence-corrected chi connectivity index (χ0v) is 39.3. The lowest BCUT2D eigenvalue weighted by atomic mass is 10.0. The highest BCUT2D eigenvalue weighted by molar-refractivity contribution is 7.20. The van der Waals surface area contributed by atoms with E-state index in [1.54, 1.807) is 0 Å². The van der Waals surface area contributed by atoms with E-state index < -0.39 is 8.07 Å². The molecule has 3 nitrogen and oxygen atoms in total. The largest absolute Gasteiger partial charge is 0.309 e. The van der Waals surface area contributed by atoms with Gasteiger partial charge in [-0.15, -0.1) is 0 Å². The normalized spacial score (nSPS) is 12.0. The van der Waals surface area contributed by atoms with Crippen molar-refractivity contribution in [3.8, 4) is 28.2 Å². The van der Waals surface area contributed by atoms with Crippen molar-refractivity contribution >= 4 is 94.2 Å². The number of nitrogens with zero attached hydrogens (tertiary/aromatic N) is 3. The van der Waals surface area contributed by atoms with Crippen molar-refractivity contribution in [3.63, 3.8) is 0 Å². The number of hydrogen-bond donors (Lipinski definition) is 0. The first kappa shape index (κ1) is 40.1. The molecule has 0 spiro atoms. The zero-order chi connectivity index (χ0) is 46.2. The van der Waals surface area contributed by atoms with E-state index >= 15 is 0 Å². The highest BCUT2D eigenvalue weighted by Crippen LogP contribution is 2.44. The smallest absolute Gasteiger partial charge is 0.181 e. The van der Waals surface area contributed by atoms with Gasteiger partial charge in [0.2, 0.25) is 0 Å². The quantitative estimate of drug-likeness (QED) is 0.107. The molecule has 0 radical (unpaired) electrons. The van der Waals surface area contributed by atoms with Crippen molar-refractivity contribution < 1.29 is 0 Å². The molecule has 328 valence electrons. The Hall–Kier alpha value is -8.96. The summed E-state index contributed by atoms with van der Waals surface area (Å²) in [7, 11) is -3.05. The lowest BCUT2D eigenvalue weighted by Crippen LogP contribution is -2.75. The van der Waals surface area contributed by atoms with Gasteiger partial charge in [-0.25, -0.2) is 0 Å². The van der Waals surface area contributed by atoms with Gasteiger partial charge in [-0.2, -0.15) is 0 Å². The van der Waals surface area contributed by atoms with Crippen molar-refractivity contribution in [3.05, 3.63) is 273 Å². The molecule has 0 N–H and O–H groups in total. The van der Waals surface area contributed by atoms with Crippen LogP contribution < -0.4 is 20.7 Å². The molecule has 0 aliphatic carbocycles. The molecule has 0 amide bonds. The molecule has 14 aromatic rings. The van der Waals surface area contributed by atoms with Crippen molar-refractivity contribution in [2.75, 3.05) is 0 Å². The Bertz CT molecular complexity index is 4130. The second-order valence-corrected chi connectivity index (χ2v) is 22.1. The van der Waals surface area contributed by atoms with Gasteiger partial charge in [0.25, 0.3) is 0 Å². The first-order valence-electron chi connectivity index (χ1n) is 24.2. The molecule has 0 aliphatic heterocycles. The number of fused-ring (bicyclic) bond motifs is 9. The van der Waals surface area contributed by atoms with Crippen LogP contribution >= 0.6 is 0 Å². The summed E-state index contributed by atoms with van der Waals surface area (Å²) in [5, 5.41) is 12.7. The van der Waals surface area contributed by atoms with Crippen LogP contribution in [0.2, 0.25) is 0 Å². The minimum absolute atomic E-state index is 1.13. The molecular formula is C66H45N3Si. The molecule has 0 bridgehead atoms. The van der Waals surface area contributed by atoms with Crippen LogP contribution in [0.25, 0.3) is 93.6 Å². The lowest BCUT2D eigenvalue weighted by Gasteiger charge is -2.35. The third-order valence-corrected chi connectivity index (χ3v) is 19.6. The molecule has 0 saturated carbocycles. The molecule has 0 aliphatic rings. The van der Waals surface area contributed by atoms with Crippen LogP contribution in [0.15, 0.2) is 273 Å². The second kappa shape index (κ2) is 16.1. The van der Waals surface area contributed by atoms with Crippen molar-refractivity contribution in [1.82, 2.24) is 13.7 Å². The summed E-state index contributed by atoms with van der Waals surface area (Å²) in [6.07, 6.45) is 0. The summed E-state index contributed by atoms with van der Waals surface area (Å²) in [6, 6.07) is 102. The maximum Gasteiger partial charge on any atom is 0.181 e. The Balaban J connectivity index is 1.19. The van der Waals surface area contributed by atoms with E-state index in [-0.39, 0.29) is 0 Å². The Morgan fingerprint density at radius 2 is 0.643 bits per heavy atom. The van der Waals surface area contributed by atoms with E-state index in [2.05, 4.69) is 287 Å². The van der Waals surface area contributed by atoms with Gasteiger partial charge in [0.05, 0.1) is 50.2 Å². The number of aromatic nitrogens is 3. The van der Waals surface area contributed by atoms with Gasteiger partial charge in [0, 0.05) is 37.9 Å². The third kappa shape index (κ3) is 5.81. The summed E-state index contributed by atoms with van der Waals surface area (Å²) in [5.41, 5.74) is 12.8. The lowest BCUT2D eigenvalue weighted by molar-refractivity contribution is 1.13. The first-order valence-corrected chi connectivity index (χ1v) is 26.2. The van der Waals surface area contributed by atoms with Crippen LogP contribution in [0.1, 0.15) is 0 Å². The molecule has 0 saturated heterocycles. The van der Waals surface area contributed by atoms with Crippen LogP contribution in [0.4, 0.5) is 0 Å². The predicted octanol–water partition coefficient (Wildman–Crippen LogP) is 14.0. The fraction of sp³-hybridized carbons (Fsp3) is 0. The SMILES string of the molecule is c1ccc(-c2ccccc2-n2c3cccc(-n4c5ccccc5c5ccccc54)c3c3cccc(-n4c5ccccc5c5cccc([Si](c6ccccc6)(c6ccccc6)c6ccccc6)c54)c32)cc1. The van der Waals surface area contributed by atoms with E-state index in [9.17, 15) is 0 Å². The highest BCUT2D eigenvalue weighted by Gasteiger charge is 2.43. The van der Waals surface area contributed by atoms with Gasteiger partial charge in [-0.1, -0.05) is 231 Å². The van der Waals surface area contributed by atoms with Gasteiger partial charge >= 0.3 is 0 Å². The average molecular weight is 908 g/mol. The minimum atomic E-state index is -3.05. The number of benzene rings is 11. The van der Waals surface area contributed by atoms with E-state index in [0.29, 0.717) is 0 Å². The molecule has 14 rings (SSSR count). The van der Waals surface area contributed by atoms with Crippen molar-refractivity contribution in [2.24, 2.45) is 0 Å². The standard InChI is InChI=1S/C66H45N3Si/c1-5-24-46(25-6-1)50-32-13-17-38-56(50)68-61-43-23-42-60(67-57-39-18-14-33-51(57)52-34-15-19-40-58(52)67)64(61)55-37-21-44-62(65(55)68)69-59-41-20-16-35-53(59)54-36-22-45-63(66(54)69)70(47-26-7-2-8-27-47,48-28-9-3-10-29-48)49-30-11-4-12-31-49/h1-45H. The fourth-order valence-electron chi connectivity index (χ4n) is 12.0. The summed E-state index contributed by atoms with van der Waals surface area (Å²) >= 11 is 0. The Labute approximate surface area is 407 Å². The molecule has 3 aromatic heterocycles. The molecule has 0 atom stereocenters. The molecule has 0 fully saturated rings. The van der Waals surface area contributed by atoms with Gasteiger partial charge in [0.1, 0.15) is 0 Å². The van der Waals surface area contributed by atoms with Gasteiger partial charge in [-0.05, 0) is 68.8 Å². The van der Waals surface area contributed by atoms with Crippen LogP contribution in [-0.2, 0) is 0 Å². The molecule has 3 heterocycles. The molecule has 70 heavy (non-hydrogen) atoms. The van der Waals surface area contributed by atoms with Crippen LogP contribution in [-0.4, -0.2) is 21.8 Å². The summed E-state index contributed by atoms with van der Waals surface area (Å²) in [5.74, 6) is 0. The van der Waals surface area contributed by atoms with Crippen LogP contribution in [0.3, 0.4) is 0 Å². The summed E-state index contributed by atoms with van der Waals surface area (Å²) in [6.45, 7) is 0. The number of para-hydroxylation sites is 6. The molecule has 0 unspecified atom stereocenters. The average Bonchev–Trinajstić information content (AvgIpc) is 4.09. The predicted molar refractivity (Wildman–Crippen MR) is 299 cm³/mol. The Kier molecular flexibility index (Phi) is 9.23.